The van der Waals surface area contributed by atoms with Crippen molar-refractivity contribution in [2.45, 2.75) is 36.2 Å². The number of methoxy groups -OCH3 is 1. The number of aromatic nitrogens is 4. The molecule has 21 heavy (non-hydrogen) atoms. The van der Waals surface area contributed by atoms with Crippen molar-refractivity contribution in [3.63, 3.8) is 0 Å². The third-order valence-corrected chi connectivity index (χ3v) is 4.63. The molecular weight excluding hydrogens is 288 g/mol. The van der Waals surface area contributed by atoms with Crippen LogP contribution in [0, 0.1) is 6.92 Å². The topological polar surface area (TPSA) is 69.9 Å². The van der Waals surface area contributed by atoms with Gasteiger partial charge in [0.1, 0.15) is 5.25 Å². The zero-order valence-corrected chi connectivity index (χ0v) is 12.7. The largest absolute Gasteiger partial charge is 0.468 e. The predicted molar refractivity (Wildman–Crippen MR) is 77.9 cm³/mol. The molecule has 1 aliphatic carbocycles. The van der Waals surface area contributed by atoms with Crippen LogP contribution in [0.3, 0.4) is 0 Å². The lowest BCUT2D eigenvalue weighted by molar-refractivity contribution is -0.140. The van der Waals surface area contributed by atoms with Gasteiger partial charge in [0.2, 0.25) is 5.16 Å². The van der Waals surface area contributed by atoms with Crippen LogP contribution in [0.4, 0.5) is 0 Å². The van der Waals surface area contributed by atoms with Crippen molar-refractivity contribution >= 4 is 17.7 Å². The summed E-state index contributed by atoms with van der Waals surface area (Å²) in [5.74, 6) is -0.292. The van der Waals surface area contributed by atoms with Gasteiger partial charge in [-0.15, -0.1) is 5.10 Å². The van der Waals surface area contributed by atoms with Crippen LogP contribution in [-0.4, -0.2) is 33.3 Å². The fraction of sp³-hybridized carbons (Fsp3) is 0.429. The van der Waals surface area contributed by atoms with Gasteiger partial charge in [-0.2, -0.15) is 0 Å². The van der Waals surface area contributed by atoms with E-state index in [0.717, 1.165) is 24.0 Å². The molecule has 1 aliphatic rings. The second-order valence-corrected chi connectivity index (χ2v) is 6.09. The van der Waals surface area contributed by atoms with E-state index < -0.39 is 5.25 Å². The number of carbonyl (C=O) groups excluding carboxylic acids is 1. The van der Waals surface area contributed by atoms with E-state index in [1.165, 1.54) is 18.9 Å². The van der Waals surface area contributed by atoms with E-state index >= 15 is 0 Å². The van der Waals surface area contributed by atoms with Crippen molar-refractivity contribution in [1.82, 2.24) is 20.2 Å². The van der Waals surface area contributed by atoms with Gasteiger partial charge < -0.3 is 4.74 Å². The number of aryl methyl sites for hydroxylation is 1. The smallest absolute Gasteiger partial charge is 0.323 e. The molecule has 3 rings (SSSR count). The normalized spacial score (nSPS) is 15.7. The first-order valence-corrected chi connectivity index (χ1v) is 7.66. The number of carbonyl (C=O) groups is 1. The highest BCUT2D eigenvalue weighted by Crippen LogP contribution is 2.41. The van der Waals surface area contributed by atoms with Crippen molar-refractivity contribution in [2.24, 2.45) is 0 Å². The average molecular weight is 304 g/mol. The summed E-state index contributed by atoms with van der Waals surface area (Å²) in [6.07, 6.45) is 2.18. The van der Waals surface area contributed by atoms with Gasteiger partial charge in [0.15, 0.2) is 0 Å². The Morgan fingerprint density at radius 2 is 2.19 bits per heavy atom. The van der Waals surface area contributed by atoms with Gasteiger partial charge in [-0.05, 0) is 41.3 Å². The molecule has 0 saturated heterocycles. The maximum Gasteiger partial charge on any atom is 0.323 e. The molecule has 1 atom stereocenters. The molecule has 0 radical (unpaired) electrons. The van der Waals surface area contributed by atoms with E-state index in [0.29, 0.717) is 11.2 Å². The highest BCUT2D eigenvalue weighted by molar-refractivity contribution is 8.00. The van der Waals surface area contributed by atoms with Crippen molar-refractivity contribution < 1.29 is 9.53 Å². The SMILES string of the molecule is COC(=O)C(Sc1nnnn1C1CC1)c1ccccc1C. The van der Waals surface area contributed by atoms with Crippen molar-refractivity contribution in [3.8, 4) is 0 Å². The van der Waals surface area contributed by atoms with Gasteiger partial charge in [-0.3, -0.25) is 4.79 Å². The molecule has 0 N–H and O–H groups in total. The number of ether oxygens (including phenoxy) is 1. The predicted octanol–water partition coefficient (Wildman–Crippen LogP) is 2.32. The first-order chi connectivity index (χ1) is 10.2. The Kier molecular flexibility index (Phi) is 3.92. The molecule has 1 aromatic carbocycles. The van der Waals surface area contributed by atoms with E-state index in [9.17, 15) is 4.79 Å². The molecule has 1 saturated carbocycles. The van der Waals surface area contributed by atoms with Crippen LogP contribution in [0.5, 0.6) is 0 Å². The molecule has 7 heteroatoms. The minimum Gasteiger partial charge on any atom is -0.468 e. The lowest BCUT2D eigenvalue weighted by atomic mass is 10.1. The van der Waals surface area contributed by atoms with Crippen LogP contribution in [0.2, 0.25) is 0 Å². The Balaban J connectivity index is 1.91. The summed E-state index contributed by atoms with van der Waals surface area (Å²) in [7, 11) is 1.40. The molecule has 6 nitrogen and oxygen atoms in total. The molecule has 2 aromatic rings. The lowest BCUT2D eigenvalue weighted by Crippen LogP contribution is -2.13. The maximum absolute atomic E-state index is 12.2. The van der Waals surface area contributed by atoms with Crippen LogP contribution in [0.25, 0.3) is 0 Å². The van der Waals surface area contributed by atoms with E-state index in [2.05, 4.69) is 15.5 Å². The van der Waals surface area contributed by atoms with Crippen LogP contribution < -0.4 is 0 Å². The van der Waals surface area contributed by atoms with Gasteiger partial charge >= 0.3 is 5.97 Å². The highest BCUT2D eigenvalue weighted by atomic mass is 32.2. The Hall–Kier alpha value is -1.89. The summed E-state index contributed by atoms with van der Waals surface area (Å²) < 4.78 is 6.75. The van der Waals surface area contributed by atoms with E-state index in [1.54, 1.807) is 4.68 Å². The van der Waals surface area contributed by atoms with E-state index in [-0.39, 0.29) is 5.97 Å². The number of esters is 1. The molecule has 110 valence electrons. The summed E-state index contributed by atoms with van der Waals surface area (Å²) in [5, 5.41) is 12.0. The minimum absolute atomic E-state index is 0.292. The third-order valence-electron chi connectivity index (χ3n) is 3.46. The summed E-state index contributed by atoms with van der Waals surface area (Å²) in [4.78, 5) is 12.2. The number of thioether (sulfide) groups is 1. The first kappa shape index (κ1) is 14.1. The van der Waals surface area contributed by atoms with Crippen LogP contribution >= 0.6 is 11.8 Å². The number of hydrogen-bond donors (Lipinski definition) is 0. The molecule has 0 spiro atoms. The molecule has 0 bridgehead atoms. The number of hydrogen-bond acceptors (Lipinski definition) is 6. The summed E-state index contributed by atoms with van der Waals surface area (Å²) >= 11 is 1.34. The van der Waals surface area contributed by atoms with Crippen molar-refractivity contribution in [2.75, 3.05) is 7.11 Å². The lowest BCUT2D eigenvalue weighted by Gasteiger charge is -2.16. The second-order valence-electron chi connectivity index (χ2n) is 5.01. The number of rotatable bonds is 5. The van der Waals surface area contributed by atoms with Gasteiger partial charge in [0.25, 0.3) is 0 Å². The standard InChI is InChI=1S/C14H16N4O2S/c1-9-5-3-4-6-11(9)12(13(19)20-2)21-14-15-16-17-18(14)10-7-8-10/h3-6,10,12H,7-8H2,1-2H3. The summed E-state index contributed by atoms with van der Waals surface area (Å²) in [6, 6.07) is 8.16. The Labute approximate surface area is 126 Å². The van der Waals surface area contributed by atoms with Gasteiger partial charge in [0.05, 0.1) is 13.2 Å². The molecule has 1 fully saturated rings. The molecule has 1 heterocycles. The average Bonchev–Trinajstić information content (AvgIpc) is 3.24. The van der Waals surface area contributed by atoms with Gasteiger partial charge in [-0.25, -0.2) is 4.68 Å². The van der Waals surface area contributed by atoms with Crippen molar-refractivity contribution in [1.29, 1.82) is 0 Å². The van der Waals surface area contributed by atoms with Crippen LogP contribution in [-0.2, 0) is 9.53 Å². The second kappa shape index (κ2) is 5.85. The first-order valence-electron chi connectivity index (χ1n) is 6.78. The molecular formula is C14H16N4O2S. The zero-order chi connectivity index (χ0) is 14.8. The quantitative estimate of drug-likeness (QED) is 0.623. The van der Waals surface area contributed by atoms with Gasteiger partial charge in [-0.1, -0.05) is 36.0 Å². The Morgan fingerprint density at radius 3 is 2.86 bits per heavy atom. The molecule has 1 aromatic heterocycles. The van der Waals surface area contributed by atoms with E-state index in [4.69, 9.17) is 4.74 Å². The van der Waals surface area contributed by atoms with Crippen LogP contribution in [0.1, 0.15) is 35.3 Å². The minimum atomic E-state index is -0.459. The molecule has 0 aliphatic heterocycles. The Bertz CT molecular complexity index is 654. The number of benzene rings is 1. The van der Waals surface area contributed by atoms with Gasteiger partial charge in [0, 0.05) is 0 Å². The summed E-state index contributed by atoms with van der Waals surface area (Å²) in [6.45, 7) is 1.98. The highest BCUT2D eigenvalue weighted by Gasteiger charge is 2.32. The molecule has 1 unspecified atom stereocenters. The zero-order valence-electron chi connectivity index (χ0n) is 11.9. The van der Waals surface area contributed by atoms with Crippen LogP contribution in [0.15, 0.2) is 29.4 Å². The van der Waals surface area contributed by atoms with Crippen molar-refractivity contribution in [3.05, 3.63) is 35.4 Å². The maximum atomic E-state index is 12.2. The van der Waals surface area contributed by atoms with E-state index in [1.807, 2.05) is 31.2 Å². The third kappa shape index (κ3) is 2.92. The fourth-order valence-corrected chi connectivity index (χ4v) is 3.32. The number of nitrogens with zero attached hydrogens (tertiary/aromatic N) is 4. The number of tetrazole rings is 1. The molecule has 0 amide bonds. The Morgan fingerprint density at radius 1 is 1.43 bits per heavy atom. The fourth-order valence-electron chi connectivity index (χ4n) is 2.14. The monoisotopic (exact) mass is 304 g/mol. The summed E-state index contributed by atoms with van der Waals surface area (Å²) in [5.41, 5.74) is 1.98.